The van der Waals surface area contributed by atoms with Crippen molar-refractivity contribution in [1.29, 1.82) is 0 Å². The maximum atomic E-state index is 14.2. The first kappa shape index (κ1) is 60.3. The largest absolute Gasteiger partial charge is 4.00 e. The fourth-order valence-corrected chi connectivity index (χ4v) is 7.10. The molecule has 0 fully saturated rings. The molecule has 0 aromatic heterocycles. The van der Waals surface area contributed by atoms with Gasteiger partial charge in [-0.15, -0.1) is 25.0 Å². The summed E-state index contributed by atoms with van der Waals surface area (Å²) < 4.78 is 67.6. The number of ether oxygens (including phenoxy) is 2. The molecule has 2 aliphatic carbocycles. The van der Waals surface area contributed by atoms with Crippen molar-refractivity contribution in [3.63, 3.8) is 0 Å². The minimum atomic E-state index is -0.852. The summed E-state index contributed by atoms with van der Waals surface area (Å²) in [7, 11) is 3.43. The summed E-state index contributed by atoms with van der Waals surface area (Å²) in [6.07, 6.45) is 27.4. The third-order valence-electron chi connectivity index (χ3n) is 11.8. The molecule has 0 bridgehead atoms. The van der Waals surface area contributed by atoms with Crippen molar-refractivity contribution in [2.24, 2.45) is 11.8 Å². The molecule has 6 nitrogen and oxygen atoms in total. The van der Waals surface area contributed by atoms with Gasteiger partial charge in [-0.3, -0.25) is 21.7 Å². The van der Waals surface area contributed by atoms with E-state index >= 15 is 0 Å². The summed E-state index contributed by atoms with van der Waals surface area (Å²) in [6, 6.07) is 26.5. The number of carbonyl (C=O) groups excluding carboxylic acids is 2. The van der Waals surface area contributed by atoms with Gasteiger partial charge in [-0.05, 0) is 89.5 Å². The van der Waals surface area contributed by atoms with Crippen LogP contribution in [0.5, 0.6) is 0 Å². The van der Waals surface area contributed by atoms with E-state index in [4.69, 9.17) is 9.47 Å². The fraction of sp³-hybridized carbons (Fsp3) is 0.414. The first-order valence-electron chi connectivity index (χ1n) is 23.5. The Morgan fingerprint density at radius 2 is 0.957 bits per heavy atom. The van der Waals surface area contributed by atoms with Crippen LogP contribution in [0, 0.1) is 59.4 Å². The van der Waals surface area contributed by atoms with Gasteiger partial charge in [0.15, 0.2) is 0 Å². The van der Waals surface area contributed by atoms with Crippen molar-refractivity contribution >= 4 is 23.2 Å². The molecule has 11 heteroatoms. The number of anilines is 2. The quantitative estimate of drug-likeness (QED) is 0.0503. The van der Waals surface area contributed by atoms with Gasteiger partial charge in [0.05, 0.1) is 11.2 Å². The predicted octanol–water partition coefficient (Wildman–Crippen LogP) is 14.7. The van der Waals surface area contributed by atoms with E-state index in [0.717, 1.165) is 88.5 Å². The average molecular weight is 983 g/mol. The molecule has 4 aromatic rings. The zero-order valence-electron chi connectivity index (χ0n) is 41.7. The molecule has 0 radical (unpaired) electrons. The van der Waals surface area contributed by atoms with Gasteiger partial charge in [-0.1, -0.05) is 63.0 Å². The maximum Gasteiger partial charge on any atom is 4.00 e. The van der Waals surface area contributed by atoms with Crippen LogP contribution < -0.4 is 9.80 Å². The number of benzene rings is 4. The molecule has 368 valence electrons. The molecule has 0 aliphatic heterocycles. The number of allylic oxidation sites excluding steroid dienone is 8. The Kier molecular flexibility index (Phi) is 28.0. The average Bonchev–Trinajstić information content (AvgIpc) is 4.12. The second kappa shape index (κ2) is 32.1. The van der Waals surface area contributed by atoms with Crippen LogP contribution in [0.4, 0.5) is 28.9 Å². The number of amides is 2. The number of nitrogens with zero attached hydrogens (tertiary/aromatic N) is 2. The third kappa shape index (κ3) is 22.2. The Labute approximate surface area is 425 Å². The summed E-state index contributed by atoms with van der Waals surface area (Å²) >= 11 is 0. The van der Waals surface area contributed by atoms with Crippen LogP contribution in [0.3, 0.4) is 0 Å². The van der Waals surface area contributed by atoms with E-state index in [0.29, 0.717) is 36.3 Å². The zero-order chi connectivity index (χ0) is 50.0. The van der Waals surface area contributed by atoms with Gasteiger partial charge >= 0.3 is 21.7 Å². The molecule has 0 saturated heterocycles. The minimum absolute atomic E-state index is 0. The molecule has 2 aliphatic rings. The molecular weight excluding hydrogens is 913 g/mol. The van der Waals surface area contributed by atoms with Gasteiger partial charge in [0.2, 0.25) is 0 Å². The van der Waals surface area contributed by atoms with Gasteiger partial charge in [0.1, 0.15) is 34.4 Å². The number of hydrogen-bond donors (Lipinski definition) is 0. The summed E-state index contributed by atoms with van der Waals surface area (Å²) in [5.41, 5.74) is -0.189. The molecule has 0 N–H and O–H groups in total. The van der Waals surface area contributed by atoms with E-state index in [-0.39, 0.29) is 32.9 Å². The molecule has 69 heavy (non-hydrogen) atoms. The molecule has 0 saturated carbocycles. The number of rotatable bonds is 20. The van der Waals surface area contributed by atoms with Crippen molar-refractivity contribution in [2.75, 3.05) is 37.1 Å². The monoisotopic (exact) mass is 982 g/mol. The number of carbonyl (C=O) groups is 2. The molecule has 2 unspecified atom stereocenters. The summed E-state index contributed by atoms with van der Waals surface area (Å²) in [5, 5.41) is 0. The van der Waals surface area contributed by atoms with Crippen LogP contribution in [0.2, 0.25) is 0 Å². The van der Waals surface area contributed by atoms with E-state index in [1.165, 1.54) is 21.9 Å². The van der Waals surface area contributed by atoms with Crippen LogP contribution in [-0.4, -0.2) is 50.3 Å². The van der Waals surface area contributed by atoms with Crippen LogP contribution in [0.25, 0.3) is 0 Å². The molecule has 4 aromatic carbocycles. The first-order valence-corrected chi connectivity index (χ1v) is 23.5. The molecule has 0 heterocycles. The Hall–Kier alpha value is -4.87. The van der Waals surface area contributed by atoms with Crippen LogP contribution in [-0.2, 0) is 31.2 Å². The third-order valence-corrected chi connectivity index (χ3v) is 11.8. The number of hydrogen-bond acceptors (Lipinski definition) is 4. The number of methoxy groups -OCH3 is 2. The molecule has 2 amide bonds. The fourth-order valence-electron chi connectivity index (χ4n) is 7.10. The van der Waals surface area contributed by atoms with Gasteiger partial charge in [-0.2, -0.15) is 60.7 Å². The second-order valence-corrected chi connectivity index (χ2v) is 18.1. The Morgan fingerprint density at radius 1 is 0.594 bits per heavy atom. The van der Waals surface area contributed by atoms with Crippen LogP contribution >= 0.6 is 0 Å². The smallest absolute Gasteiger partial charge is 0.379 e. The van der Waals surface area contributed by atoms with Crippen LogP contribution in [0.1, 0.15) is 126 Å². The Bertz CT molecular complexity index is 2010. The summed E-state index contributed by atoms with van der Waals surface area (Å²) in [6.45, 7) is 13.3. The van der Waals surface area contributed by atoms with Gasteiger partial charge < -0.3 is 19.3 Å². The van der Waals surface area contributed by atoms with Crippen molar-refractivity contribution in [3.05, 3.63) is 180 Å². The topological polar surface area (TPSA) is 59.1 Å². The van der Waals surface area contributed by atoms with E-state index < -0.39 is 46.2 Å². The van der Waals surface area contributed by atoms with Crippen LogP contribution in [0.15, 0.2) is 121 Å². The maximum absolute atomic E-state index is 14.2. The second-order valence-electron chi connectivity index (χ2n) is 18.1. The normalized spacial score (nSPS) is 13.2. The van der Waals surface area contributed by atoms with E-state index in [1.807, 2.05) is 24.3 Å². The molecule has 2 atom stereocenters. The predicted molar refractivity (Wildman–Crippen MR) is 267 cm³/mol. The Balaban J connectivity index is 0.000000386. The summed E-state index contributed by atoms with van der Waals surface area (Å²) in [4.78, 5) is 28.9. The minimum Gasteiger partial charge on any atom is -0.379 e. The van der Waals surface area contributed by atoms with E-state index in [2.05, 4.69) is 78.0 Å². The molecular formula is C58H70F4N2O4Ti. The van der Waals surface area contributed by atoms with E-state index in [9.17, 15) is 27.2 Å². The SMILES string of the molecule is COC(C)(C)CCCC(C)CCN(C(=O)c1c(F)cccc1F)c1c[c-]ccc1.COC(C)(C)CCCC(C)CCN(C(=O)c1c(F)cccc1F)c1c[c-]ccc1.[C-]1=CC=CC1.[C-]1=CC=CC1.[Ti+4]. The Morgan fingerprint density at radius 3 is 1.22 bits per heavy atom. The first-order chi connectivity index (χ1) is 32.5. The molecule has 0 spiro atoms. The van der Waals surface area contributed by atoms with Crippen molar-refractivity contribution in [3.8, 4) is 0 Å². The van der Waals surface area contributed by atoms with Gasteiger partial charge in [0, 0.05) is 27.3 Å². The summed E-state index contributed by atoms with van der Waals surface area (Å²) in [5.74, 6) is -4.04. The van der Waals surface area contributed by atoms with Gasteiger partial charge in [0.25, 0.3) is 11.8 Å². The van der Waals surface area contributed by atoms with Gasteiger partial charge in [-0.25, -0.2) is 41.9 Å². The number of halogens is 4. The van der Waals surface area contributed by atoms with Crippen molar-refractivity contribution in [1.82, 2.24) is 0 Å². The molecule has 6 rings (SSSR count). The zero-order valence-corrected chi connectivity index (χ0v) is 43.3. The van der Waals surface area contributed by atoms with Crippen molar-refractivity contribution in [2.45, 2.75) is 117 Å². The van der Waals surface area contributed by atoms with E-state index in [1.54, 1.807) is 62.8 Å². The standard InChI is InChI=1S/2C24H30F2NO2.2C5H5.Ti/c2*1-18(10-9-16-24(2,3)29-4)15-17-27(19-11-6-5-7-12-19)23(28)22-20(25)13-8-14-21(22)26;2*1-2-4-5-3-1;/h2*5-6,8,11-14,18H,9-10,15-17H2,1-4H3;2*1-3H,4H2;/q4*-1;+4. The van der Waals surface area contributed by atoms with Crippen molar-refractivity contribution < 1.29 is 58.3 Å².